The van der Waals surface area contributed by atoms with Gasteiger partial charge in [-0.1, -0.05) is 12.1 Å². The molecule has 1 aliphatic rings. The van der Waals surface area contributed by atoms with Gasteiger partial charge in [0.25, 0.3) is 11.6 Å². The number of para-hydroxylation sites is 2. The average molecular weight is 412 g/mol. The molecule has 2 aromatic rings. The number of nitro groups is 1. The number of nitrogens with zero attached hydrogens (tertiary/aromatic N) is 2. The summed E-state index contributed by atoms with van der Waals surface area (Å²) in [5, 5.41) is 16.6. The highest BCUT2D eigenvalue weighted by atomic mass is 16.6. The van der Waals surface area contributed by atoms with Crippen molar-refractivity contribution >= 4 is 40.5 Å². The molecule has 1 atom stereocenters. The van der Waals surface area contributed by atoms with E-state index < -0.39 is 29.4 Å². The molecule has 0 unspecified atom stereocenters. The van der Waals surface area contributed by atoms with Crippen LogP contribution in [0, 0.1) is 10.1 Å². The summed E-state index contributed by atoms with van der Waals surface area (Å²) in [6, 6.07) is 10.2. The van der Waals surface area contributed by atoms with Gasteiger partial charge in [-0.25, -0.2) is 4.79 Å². The first-order valence-corrected chi connectivity index (χ1v) is 9.16. The molecule has 156 valence electrons. The summed E-state index contributed by atoms with van der Waals surface area (Å²) in [7, 11) is 1.53. The van der Waals surface area contributed by atoms with E-state index in [1.807, 2.05) is 0 Å². The molecule has 1 aliphatic heterocycles. The molecule has 0 radical (unpaired) electrons. The Morgan fingerprint density at radius 2 is 2.03 bits per heavy atom. The third-order valence-corrected chi connectivity index (χ3v) is 4.65. The summed E-state index contributed by atoms with van der Waals surface area (Å²) in [5.41, 5.74) is 0.920. The second-order valence-electron chi connectivity index (χ2n) is 6.70. The summed E-state index contributed by atoms with van der Waals surface area (Å²) in [6.07, 6.45) is 0.0893. The topological polar surface area (TPSA) is 131 Å². The van der Waals surface area contributed by atoms with Crippen molar-refractivity contribution in [3.05, 3.63) is 58.1 Å². The summed E-state index contributed by atoms with van der Waals surface area (Å²) in [6.45, 7) is 1.15. The van der Waals surface area contributed by atoms with Gasteiger partial charge in [-0.2, -0.15) is 0 Å². The fraction of sp³-hybridized carbons (Fsp3) is 0.250. The molecule has 3 rings (SSSR count). The number of ether oxygens (including phenoxy) is 1. The molecule has 0 aliphatic carbocycles. The van der Waals surface area contributed by atoms with E-state index in [0.29, 0.717) is 11.4 Å². The van der Waals surface area contributed by atoms with E-state index in [1.54, 1.807) is 31.2 Å². The van der Waals surface area contributed by atoms with Crippen LogP contribution in [0.2, 0.25) is 0 Å². The fourth-order valence-electron chi connectivity index (χ4n) is 3.27. The zero-order valence-corrected chi connectivity index (χ0v) is 16.4. The second-order valence-corrected chi connectivity index (χ2v) is 6.70. The Kier molecular flexibility index (Phi) is 5.95. The van der Waals surface area contributed by atoms with Crippen molar-refractivity contribution < 1.29 is 24.0 Å². The molecular formula is C20H20N4O6. The van der Waals surface area contributed by atoms with Crippen LogP contribution < -0.4 is 15.5 Å². The van der Waals surface area contributed by atoms with Crippen LogP contribution in [0.5, 0.6) is 0 Å². The minimum atomic E-state index is -0.862. The van der Waals surface area contributed by atoms with E-state index in [0.717, 1.165) is 6.07 Å². The van der Waals surface area contributed by atoms with Gasteiger partial charge in [-0.15, -0.1) is 0 Å². The Bertz CT molecular complexity index is 1020. The van der Waals surface area contributed by atoms with E-state index in [9.17, 15) is 24.5 Å². The van der Waals surface area contributed by atoms with Crippen molar-refractivity contribution in [1.82, 2.24) is 0 Å². The monoisotopic (exact) mass is 412 g/mol. The van der Waals surface area contributed by atoms with Gasteiger partial charge in [0.15, 0.2) is 6.61 Å². The zero-order valence-electron chi connectivity index (χ0n) is 16.4. The highest BCUT2D eigenvalue weighted by Gasteiger charge is 2.30. The molecule has 0 bridgehead atoms. The number of amides is 2. The third kappa shape index (κ3) is 4.22. The number of hydrogen-bond donors (Lipinski definition) is 2. The lowest BCUT2D eigenvalue weighted by Crippen LogP contribution is -2.41. The highest BCUT2D eigenvalue weighted by molar-refractivity contribution is 6.05. The van der Waals surface area contributed by atoms with Gasteiger partial charge < -0.3 is 20.3 Å². The smallest absolute Gasteiger partial charge is 0.338 e. The Hall–Kier alpha value is -3.95. The number of hydrogen-bond acceptors (Lipinski definition) is 7. The van der Waals surface area contributed by atoms with Crippen molar-refractivity contribution in [1.29, 1.82) is 0 Å². The first kappa shape index (κ1) is 20.8. The summed E-state index contributed by atoms with van der Waals surface area (Å²) >= 11 is 0. The van der Waals surface area contributed by atoms with Gasteiger partial charge in [0.05, 0.1) is 21.9 Å². The molecule has 2 aromatic carbocycles. The number of fused-ring (bicyclic) bond motifs is 1. The van der Waals surface area contributed by atoms with Crippen LogP contribution in [-0.2, 0) is 14.3 Å². The average Bonchev–Trinajstić information content (AvgIpc) is 2.85. The molecule has 0 saturated heterocycles. The predicted molar refractivity (Wildman–Crippen MR) is 110 cm³/mol. The second kappa shape index (κ2) is 8.60. The standard InChI is InChI=1S/C20H20N4O6/c1-12-9-18(25)22-15-5-3-4-6-16(15)23(12)19(26)11-30-20(27)13-7-8-14(21-2)17(10-13)24(28)29/h3-8,10,12,21H,9,11H2,1-2H3,(H,22,25)/t12-/m1/s1. The number of nitro benzene ring substituents is 1. The van der Waals surface area contributed by atoms with Gasteiger partial charge in [0.2, 0.25) is 5.91 Å². The van der Waals surface area contributed by atoms with Crippen molar-refractivity contribution in [2.45, 2.75) is 19.4 Å². The van der Waals surface area contributed by atoms with Gasteiger partial charge in [-0.05, 0) is 31.2 Å². The summed E-state index contributed by atoms with van der Waals surface area (Å²) in [5.74, 6) is -1.60. The maximum absolute atomic E-state index is 12.8. The Balaban J connectivity index is 1.77. The van der Waals surface area contributed by atoms with Crippen LogP contribution in [0.3, 0.4) is 0 Å². The number of carbonyl (C=O) groups is 3. The maximum atomic E-state index is 12.8. The molecule has 0 aromatic heterocycles. The predicted octanol–water partition coefficient (Wildman–Crippen LogP) is 2.56. The van der Waals surface area contributed by atoms with Crippen LogP contribution in [-0.4, -0.2) is 42.4 Å². The number of carbonyl (C=O) groups excluding carboxylic acids is 3. The largest absolute Gasteiger partial charge is 0.452 e. The van der Waals surface area contributed by atoms with E-state index in [2.05, 4.69) is 10.6 Å². The summed E-state index contributed by atoms with van der Waals surface area (Å²) < 4.78 is 5.10. The van der Waals surface area contributed by atoms with E-state index in [-0.39, 0.29) is 29.3 Å². The quantitative estimate of drug-likeness (QED) is 0.438. The number of esters is 1. The molecule has 0 saturated carbocycles. The molecule has 0 fully saturated rings. The number of benzene rings is 2. The molecule has 10 heteroatoms. The zero-order chi connectivity index (χ0) is 21.8. The number of nitrogens with one attached hydrogen (secondary N) is 2. The van der Waals surface area contributed by atoms with Crippen LogP contribution >= 0.6 is 0 Å². The Labute approximate surface area is 172 Å². The first-order valence-electron chi connectivity index (χ1n) is 9.16. The minimum absolute atomic E-state index is 0.0466. The molecule has 1 heterocycles. The van der Waals surface area contributed by atoms with Gasteiger partial charge >= 0.3 is 5.97 Å². The first-order chi connectivity index (χ1) is 14.3. The van der Waals surface area contributed by atoms with Crippen LogP contribution in [0.4, 0.5) is 22.7 Å². The normalized spacial score (nSPS) is 15.5. The lowest BCUT2D eigenvalue weighted by atomic mass is 10.1. The Morgan fingerprint density at radius 1 is 1.30 bits per heavy atom. The van der Waals surface area contributed by atoms with Gasteiger partial charge in [0, 0.05) is 25.6 Å². The maximum Gasteiger partial charge on any atom is 0.338 e. The molecule has 30 heavy (non-hydrogen) atoms. The van der Waals surface area contributed by atoms with Crippen LogP contribution in [0.1, 0.15) is 23.7 Å². The SMILES string of the molecule is CNc1ccc(C(=O)OCC(=O)N2c3ccccc3NC(=O)C[C@H]2C)cc1[N+](=O)[O-]. The molecule has 10 nitrogen and oxygen atoms in total. The lowest BCUT2D eigenvalue weighted by molar-refractivity contribution is -0.384. The van der Waals surface area contributed by atoms with Crippen LogP contribution in [0.25, 0.3) is 0 Å². The van der Waals surface area contributed by atoms with Crippen molar-refractivity contribution in [3.8, 4) is 0 Å². The molecule has 2 amide bonds. The van der Waals surface area contributed by atoms with Gasteiger partial charge in [-0.3, -0.25) is 19.7 Å². The van der Waals surface area contributed by atoms with E-state index in [1.165, 1.54) is 24.1 Å². The number of rotatable bonds is 5. The van der Waals surface area contributed by atoms with E-state index in [4.69, 9.17) is 4.74 Å². The third-order valence-electron chi connectivity index (χ3n) is 4.65. The van der Waals surface area contributed by atoms with Crippen molar-refractivity contribution in [2.24, 2.45) is 0 Å². The number of anilines is 3. The highest BCUT2D eigenvalue weighted by Crippen LogP contribution is 2.31. The fourth-order valence-corrected chi connectivity index (χ4v) is 3.27. The lowest BCUT2D eigenvalue weighted by Gasteiger charge is -2.27. The molecule has 2 N–H and O–H groups in total. The van der Waals surface area contributed by atoms with Crippen LogP contribution in [0.15, 0.2) is 42.5 Å². The molecule has 0 spiro atoms. The van der Waals surface area contributed by atoms with Crippen molar-refractivity contribution in [3.63, 3.8) is 0 Å². The van der Waals surface area contributed by atoms with Crippen molar-refractivity contribution in [2.75, 3.05) is 29.2 Å². The van der Waals surface area contributed by atoms with Gasteiger partial charge in [0.1, 0.15) is 5.69 Å². The minimum Gasteiger partial charge on any atom is -0.452 e. The molecular weight excluding hydrogens is 392 g/mol. The summed E-state index contributed by atoms with van der Waals surface area (Å²) in [4.78, 5) is 49.2. The Morgan fingerprint density at radius 3 is 2.73 bits per heavy atom. The van der Waals surface area contributed by atoms with E-state index >= 15 is 0 Å².